The average molecular weight is 510 g/mol. The van der Waals surface area contributed by atoms with Gasteiger partial charge < -0.3 is 4.57 Å². The van der Waals surface area contributed by atoms with Crippen LogP contribution in [0, 0.1) is 0 Å². The third kappa shape index (κ3) is 4.16. The molecule has 0 spiro atoms. The number of hydrogen-bond donors (Lipinski definition) is 1. The van der Waals surface area contributed by atoms with Crippen molar-refractivity contribution in [3.8, 4) is 5.69 Å². The molecule has 0 aliphatic carbocycles. The smallest absolute Gasteiger partial charge is 0.266 e. The van der Waals surface area contributed by atoms with Gasteiger partial charge in [-0.05, 0) is 42.5 Å². The van der Waals surface area contributed by atoms with Crippen LogP contribution in [0.3, 0.4) is 0 Å². The second kappa shape index (κ2) is 9.13. The van der Waals surface area contributed by atoms with Crippen LogP contribution in [0.4, 0.5) is 5.95 Å². The number of halogens is 2. The van der Waals surface area contributed by atoms with Gasteiger partial charge in [-0.25, -0.2) is 9.97 Å². The van der Waals surface area contributed by atoms with E-state index in [1.165, 1.54) is 4.57 Å². The first-order valence-electron chi connectivity index (χ1n) is 10.2. The number of amides is 1. The van der Waals surface area contributed by atoms with E-state index in [2.05, 4.69) is 15.3 Å². The Balaban J connectivity index is 1.47. The minimum atomic E-state index is -0.272. The Bertz CT molecular complexity index is 1630. The Morgan fingerprint density at radius 3 is 2.47 bits per heavy atom. The standard InChI is InChI=1S/C24H17Cl2N5O2S/c1-30-20-9-5-4-8-19(20)27-23(30)29-21(32)13-34-24-28-18-7-3-2-6-15(18)22(33)31(24)14-10-11-16(25)17(26)12-14/h2-12H,13H2,1H3,(H,27,29,32). The van der Waals surface area contributed by atoms with Crippen molar-refractivity contribution in [2.24, 2.45) is 7.05 Å². The number of hydrogen-bond acceptors (Lipinski definition) is 5. The number of nitrogens with zero attached hydrogens (tertiary/aromatic N) is 4. The van der Waals surface area contributed by atoms with E-state index in [1.54, 1.807) is 36.4 Å². The van der Waals surface area contributed by atoms with Crippen molar-refractivity contribution in [3.63, 3.8) is 0 Å². The number of anilines is 1. The number of benzene rings is 3. The lowest BCUT2D eigenvalue weighted by atomic mass is 10.2. The molecule has 1 N–H and O–H groups in total. The summed E-state index contributed by atoms with van der Waals surface area (Å²) in [5, 5.41) is 4.35. The first-order chi connectivity index (χ1) is 16.4. The minimum Gasteiger partial charge on any atom is -0.313 e. The van der Waals surface area contributed by atoms with Gasteiger partial charge in [-0.2, -0.15) is 0 Å². The summed E-state index contributed by atoms with van der Waals surface area (Å²) >= 11 is 13.4. The summed E-state index contributed by atoms with van der Waals surface area (Å²) in [7, 11) is 1.84. The van der Waals surface area contributed by atoms with Crippen molar-refractivity contribution in [1.82, 2.24) is 19.1 Å². The maximum atomic E-state index is 13.3. The highest BCUT2D eigenvalue weighted by Gasteiger charge is 2.17. The van der Waals surface area contributed by atoms with E-state index in [0.717, 1.165) is 22.8 Å². The zero-order valence-corrected chi connectivity index (χ0v) is 20.2. The molecular formula is C24H17Cl2N5O2S. The summed E-state index contributed by atoms with van der Waals surface area (Å²) in [6, 6.07) is 19.6. The topological polar surface area (TPSA) is 81.8 Å². The number of para-hydroxylation sites is 3. The molecule has 0 saturated heterocycles. The van der Waals surface area contributed by atoms with Crippen molar-refractivity contribution >= 4 is 68.8 Å². The Morgan fingerprint density at radius 2 is 1.71 bits per heavy atom. The summed E-state index contributed by atoms with van der Waals surface area (Å²) in [5.74, 6) is 0.196. The Kier molecular flexibility index (Phi) is 6.03. The van der Waals surface area contributed by atoms with Gasteiger partial charge in [-0.3, -0.25) is 19.5 Å². The fourth-order valence-electron chi connectivity index (χ4n) is 3.61. The summed E-state index contributed by atoms with van der Waals surface area (Å²) < 4.78 is 3.26. The summed E-state index contributed by atoms with van der Waals surface area (Å²) in [4.78, 5) is 35.2. The summed E-state index contributed by atoms with van der Waals surface area (Å²) in [6.07, 6.45) is 0. The number of carbonyl (C=O) groups excluding carboxylic acids is 1. The van der Waals surface area contributed by atoms with Gasteiger partial charge in [0.1, 0.15) is 0 Å². The number of imidazole rings is 1. The number of carbonyl (C=O) groups is 1. The van der Waals surface area contributed by atoms with Gasteiger partial charge in [0.25, 0.3) is 5.56 Å². The number of rotatable bonds is 5. The molecule has 7 nitrogen and oxygen atoms in total. The molecule has 5 aromatic rings. The van der Waals surface area contributed by atoms with Gasteiger partial charge in [0.15, 0.2) is 5.16 Å². The van der Waals surface area contributed by atoms with E-state index in [1.807, 2.05) is 41.9 Å². The van der Waals surface area contributed by atoms with Gasteiger partial charge in [0, 0.05) is 7.05 Å². The number of aryl methyl sites for hydroxylation is 1. The van der Waals surface area contributed by atoms with Crippen molar-refractivity contribution in [3.05, 3.63) is 87.1 Å². The number of thioether (sulfide) groups is 1. The van der Waals surface area contributed by atoms with Gasteiger partial charge >= 0.3 is 0 Å². The molecule has 0 unspecified atom stereocenters. The molecule has 1 amide bonds. The highest BCUT2D eigenvalue weighted by Crippen LogP contribution is 2.27. The van der Waals surface area contributed by atoms with E-state index in [9.17, 15) is 9.59 Å². The largest absolute Gasteiger partial charge is 0.313 e. The van der Waals surface area contributed by atoms with E-state index in [0.29, 0.717) is 37.7 Å². The molecule has 10 heteroatoms. The molecule has 0 fully saturated rings. The fraction of sp³-hybridized carbons (Fsp3) is 0.0833. The molecule has 170 valence electrons. The monoisotopic (exact) mass is 509 g/mol. The maximum Gasteiger partial charge on any atom is 0.266 e. The lowest BCUT2D eigenvalue weighted by molar-refractivity contribution is -0.113. The number of nitrogens with one attached hydrogen (secondary N) is 1. The molecule has 34 heavy (non-hydrogen) atoms. The van der Waals surface area contributed by atoms with Crippen LogP contribution in [0.25, 0.3) is 27.6 Å². The Morgan fingerprint density at radius 1 is 0.971 bits per heavy atom. The van der Waals surface area contributed by atoms with Crippen LogP contribution < -0.4 is 10.9 Å². The molecule has 0 aliphatic heterocycles. The van der Waals surface area contributed by atoms with Gasteiger partial charge in [-0.1, -0.05) is 59.2 Å². The van der Waals surface area contributed by atoms with Crippen LogP contribution in [-0.4, -0.2) is 30.8 Å². The first kappa shape index (κ1) is 22.5. The molecule has 5 rings (SSSR count). The molecule has 2 aromatic heterocycles. The van der Waals surface area contributed by atoms with E-state index in [4.69, 9.17) is 23.2 Å². The van der Waals surface area contributed by atoms with E-state index < -0.39 is 0 Å². The van der Waals surface area contributed by atoms with Crippen LogP contribution in [-0.2, 0) is 11.8 Å². The molecular weight excluding hydrogens is 493 g/mol. The molecule has 0 radical (unpaired) electrons. The zero-order valence-electron chi connectivity index (χ0n) is 17.8. The van der Waals surface area contributed by atoms with E-state index in [-0.39, 0.29) is 17.2 Å². The number of fused-ring (bicyclic) bond motifs is 2. The third-order valence-corrected chi connectivity index (χ3v) is 6.95. The first-order valence-corrected chi connectivity index (χ1v) is 12.0. The molecule has 0 atom stereocenters. The van der Waals surface area contributed by atoms with Crippen molar-refractivity contribution < 1.29 is 4.79 Å². The van der Waals surface area contributed by atoms with Crippen LogP contribution in [0.2, 0.25) is 10.0 Å². The zero-order chi connectivity index (χ0) is 23.8. The molecule has 0 saturated carbocycles. The predicted octanol–water partition coefficient (Wildman–Crippen LogP) is 5.31. The molecule has 2 heterocycles. The molecule has 3 aromatic carbocycles. The minimum absolute atomic E-state index is 0.0231. The molecule has 0 bridgehead atoms. The number of aromatic nitrogens is 4. The van der Waals surface area contributed by atoms with Crippen LogP contribution in [0.15, 0.2) is 76.7 Å². The highest BCUT2D eigenvalue weighted by atomic mass is 35.5. The van der Waals surface area contributed by atoms with Gasteiger partial charge in [0.05, 0.1) is 43.4 Å². The van der Waals surface area contributed by atoms with Crippen LogP contribution in [0.5, 0.6) is 0 Å². The van der Waals surface area contributed by atoms with E-state index >= 15 is 0 Å². The van der Waals surface area contributed by atoms with Crippen molar-refractivity contribution in [1.29, 1.82) is 0 Å². The van der Waals surface area contributed by atoms with Crippen molar-refractivity contribution in [2.75, 3.05) is 11.1 Å². The van der Waals surface area contributed by atoms with Crippen molar-refractivity contribution in [2.45, 2.75) is 5.16 Å². The maximum absolute atomic E-state index is 13.3. The highest BCUT2D eigenvalue weighted by molar-refractivity contribution is 7.99. The Labute approximate surface area is 208 Å². The fourth-order valence-corrected chi connectivity index (χ4v) is 4.71. The average Bonchev–Trinajstić information content (AvgIpc) is 3.15. The van der Waals surface area contributed by atoms with Gasteiger partial charge in [0.2, 0.25) is 11.9 Å². The second-order valence-electron chi connectivity index (χ2n) is 7.47. The third-order valence-electron chi connectivity index (χ3n) is 5.28. The second-order valence-corrected chi connectivity index (χ2v) is 9.23. The summed E-state index contributed by atoms with van der Waals surface area (Å²) in [5.41, 5.74) is 2.49. The van der Waals surface area contributed by atoms with Gasteiger partial charge in [-0.15, -0.1) is 0 Å². The van der Waals surface area contributed by atoms with Crippen LogP contribution in [0.1, 0.15) is 0 Å². The van der Waals surface area contributed by atoms with Crippen LogP contribution >= 0.6 is 35.0 Å². The SMILES string of the molecule is Cn1c(NC(=O)CSc2nc3ccccc3c(=O)n2-c2ccc(Cl)c(Cl)c2)nc2ccccc21. The predicted molar refractivity (Wildman–Crippen MR) is 137 cm³/mol. The quantitative estimate of drug-likeness (QED) is 0.256. The summed E-state index contributed by atoms with van der Waals surface area (Å²) in [6.45, 7) is 0. The lowest BCUT2D eigenvalue weighted by Crippen LogP contribution is -2.23. The Hall–Kier alpha value is -3.33. The normalized spacial score (nSPS) is 11.3. The lowest BCUT2D eigenvalue weighted by Gasteiger charge is -2.14. The molecule has 0 aliphatic rings.